The number of fused-ring (bicyclic) bond motifs is 1. The van der Waals surface area contributed by atoms with E-state index >= 15 is 0 Å². The monoisotopic (exact) mass is 365 g/mol. The molecule has 0 saturated carbocycles. The van der Waals surface area contributed by atoms with E-state index in [-0.39, 0.29) is 0 Å². The van der Waals surface area contributed by atoms with Crippen molar-refractivity contribution in [3.8, 4) is 11.3 Å². The Morgan fingerprint density at radius 1 is 1.08 bits per heavy atom. The Labute approximate surface area is 156 Å². The Morgan fingerprint density at radius 2 is 1.88 bits per heavy atom. The van der Waals surface area contributed by atoms with E-state index in [9.17, 15) is 0 Å². The fraction of sp³-hybridized carbons (Fsp3) is 0.200. The second-order valence-electron chi connectivity index (χ2n) is 5.86. The van der Waals surface area contributed by atoms with E-state index in [0.717, 1.165) is 39.8 Å². The molecule has 0 unspecified atom stereocenters. The molecule has 0 bridgehead atoms. The number of nitrogens with zero attached hydrogens (tertiary/aromatic N) is 3. The van der Waals surface area contributed by atoms with Gasteiger partial charge in [0.1, 0.15) is 0 Å². The topological polar surface area (TPSA) is 53.1 Å². The van der Waals surface area contributed by atoms with Crippen molar-refractivity contribution in [2.75, 3.05) is 13.7 Å². The van der Waals surface area contributed by atoms with Gasteiger partial charge >= 0.3 is 0 Å². The summed E-state index contributed by atoms with van der Waals surface area (Å²) in [6, 6.07) is 20.2. The van der Waals surface area contributed by atoms with Gasteiger partial charge in [0, 0.05) is 31.0 Å². The number of hydrogen-bond acceptors (Lipinski definition) is 5. The summed E-state index contributed by atoms with van der Waals surface area (Å²) in [5.74, 6) is 1.49. The highest BCUT2D eigenvalue weighted by Crippen LogP contribution is 2.28. The number of ether oxygens (including phenoxy) is 1. The summed E-state index contributed by atoms with van der Waals surface area (Å²) < 4.78 is 12.9. The lowest BCUT2D eigenvalue weighted by atomic mass is 10.2. The van der Waals surface area contributed by atoms with Crippen LogP contribution in [0.5, 0.6) is 0 Å². The number of methoxy groups -OCH3 is 1. The maximum Gasteiger partial charge on any atom is 0.169 e. The number of rotatable bonds is 7. The fourth-order valence-corrected chi connectivity index (χ4v) is 3.74. The second-order valence-corrected chi connectivity index (χ2v) is 6.81. The van der Waals surface area contributed by atoms with Gasteiger partial charge in [-0.15, -0.1) is 0 Å². The minimum Gasteiger partial charge on any atom is -0.383 e. The summed E-state index contributed by atoms with van der Waals surface area (Å²) >= 11 is 1.66. The van der Waals surface area contributed by atoms with Crippen LogP contribution >= 0.6 is 11.8 Å². The molecule has 0 radical (unpaired) electrons. The number of aromatic nitrogens is 3. The molecule has 2 heterocycles. The van der Waals surface area contributed by atoms with Gasteiger partial charge in [-0.25, -0.2) is 4.98 Å². The van der Waals surface area contributed by atoms with Crippen molar-refractivity contribution in [2.45, 2.75) is 17.5 Å². The van der Waals surface area contributed by atoms with Gasteiger partial charge < -0.3 is 13.8 Å². The van der Waals surface area contributed by atoms with E-state index in [1.807, 2.05) is 54.6 Å². The van der Waals surface area contributed by atoms with Crippen LogP contribution < -0.4 is 0 Å². The van der Waals surface area contributed by atoms with Crippen molar-refractivity contribution in [1.82, 2.24) is 14.7 Å². The summed E-state index contributed by atoms with van der Waals surface area (Å²) in [5, 5.41) is 5.16. The van der Waals surface area contributed by atoms with Crippen molar-refractivity contribution in [2.24, 2.45) is 0 Å². The van der Waals surface area contributed by atoms with Crippen LogP contribution in [0.1, 0.15) is 5.69 Å². The van der Waals surface area contributed by atoms with Gasteiger partial charge in [-0.05, 0) is 12.1 Å². The maximum absolute atomic E-state index is 5.48. The van der Waals surface area contributed by atoms with Gasteiger partial charge in [-0.2, -0.15) is 0 Å². The average molecular weight is 365 g/mol. The first-order valence-corrected chi connectivity index (χ1v) is 9.42. The Hall–Kier alpha value is -2.57. The molecule has 0 fully saturated rings. The minimum absolute atomic E-state index is 0.649. The molecule has 0 amide bonds. The van der Waals surface area contributed by atoms with E-state index in [2.05, 4.69) is 15.8 Å². The zero-order valence-corrected chi connectivity index (χ0v) is 15.3. The van der Waals surface area contributed by atoms with Crippen LogP contribution in [0.4, 0.5) is 0 Å². The third kappa shape index (κ3) is 3.52. The van der Waals surface area contributed by atoms with Gasteiger partial charge in [-0.1, -0.05) is 59.4 Å². The number of imidazole rings is 1. The first-order chi connectivity index (χ1) is 12.8. The van der Waals surface area contributed by atoms with Crippen LogP contribution in [0, 0.1) is 0 Å². The van der Waals surface area contributed by atoms with Crippen molar-refractivity contribution >= 4 is 22.8 Å². The average Bonchev–Trinajstić information content (AvgIpc) is 3.30. The molecule has 6 heteroatoms. The quantitative estimate of drug-likeness (QED) is 0.447. The van der Waals surface area contributed by atoms with Gasteiger partial charge in [0.2, 0.25) is 0 Å². The van der Waals surface area contributed by atoms with Gasteiger partial charge in [0.25, 0.3) is 0 Å². The van der Waals surface area contributed by atoms with Crippen LogP contribution in [-0.4, -0.2) is 28.4 Å². The standard InChI is InChI=1S/C20H19N3O2S/c1-24-12-11-23-18-10-6-5-9-17(18)21-20(23)26-14-16-13-19(25-22-16)15-7-3-2-4-8-15/h2-10,13H,11-12,14H2,1H3. The smallest absolute Gasteiger partial charge is 0.169 e. The Bertz CT molecular complexity index is 995. The lowest BCUT2D eigenvalue weighted by Crippen LogP contribution is -2.05. The predicted octanol–water partition coefficient (Wildman–Crippen LogP) is 4.63. The molecule has 132 valence electrons. The van der Waals surface area contributed by atoms with E-state index in [1.54, 1.807) is 18.9 Å². The molecule has 5 nitrogen and oxygen atoms in total. The van der Waals surface area contributed by atoms with Gasteiger partial charge in [0.05, 0.1) is 23.3 Å². The van der Waals surface area contributed by atoms with Crippen LogP contribution in [0.15, 0.2) is 70.3 Å². The third-order valence-corrected chi connectivity index (χ3v) is 5.11. The molecular weight excluding hydrogens is 346 g/mol. The predicted molar refractivity (Wildman–Crippen MR) is 103 cm³/mol. The highest BCUT2D eigenvalue weighted by atomic mass is 32.2. The lowest BCUT2D eigenvalue weighted by Gasteiger charge is -2.07. The van der Waals surface area contributed by atoms with E-state index in [0.29, 0.717) is 12.4 Å². The normalized spacial score (nSPS) is 11.3. The summed E-state index contributed by atoms with van der Waals surface area (Å²) in [6.45, 7) is 1.42. The minimum atomic E-state index is 0.649. The molecule has 0 aliphatic carbocycles. The number of hydrogen-bond donors (Lipinski definition) is 0. The largest absolute Gasteiger partial charge is 0.383 e. The molecule has 0 spiro atoms. The summed E-state index contributed by atoms with van der Waals surface area (Å²) in [4.78, 5) is 4.76. The van der Waals surface area contributed by atoms with E-state index in [4.69, 9.17) is 14.2 Å². The summed E-state index contributed by atoms with van der Waals surface area (Å²) in [7, 11) is 1.71. The van der Waals surface area contributed by atoms with E-state index in [1.165, 1.54) is 0 Å². The molecule has 2 aromatic carbocycles. The molecule has 0 aliphatic heterocycles. The third-order valence-electron chi connectivity index (χ3n) is 4.10. The molecule has 0 atom stereocenters. The maximum atomic E-state index is 5.48. The van der Waals surface area contributed by atoms with Crippen molar-refractivity contribution < 1.29 is 9.26 Å². The van der Waals surface area contributed by atoms with Crippen LogP contribution in [0.25, 0.3) is 22.4 Å². The Kier molecular flexibility index (Phi) is 5.04. The highest BCUT2D eigenvalue weighted by Gasteiger charge is 2.13. The molecule has 26 heavy (non-hydrogen) atoms. The Balaban J connectivity index is 1.54. The van der Waals surface area contributed by atoms with Crippen LogP contribution in [0.3, 0.4) is 0 Å². The molecular formula is C20H19N3O2S. The molecule has 0 aliphatic rings. The second kappa shape index (κ2) is 7.76. The van der Waals surface area contributed by atoms with Crippen LogP contribution in [0.2, 0.25) is 0 Å². The summed E-state index contributed by atoms with van der Waals surface area (Å²) in [5.41, 5.74) is 4.05. The highest BCUT2D eigenvalue weighted by molar-refractivity contribution is 7.98. The zero-order chi connectivity index (χ0) is 17.8. The Morgan fingerprint density at radius 3 is 2.73 bits per heavy atom. The first-order valence-electron chi connectivity index (χ1n) is 8.43. The van der Waals surface area contributed by atoms with Gasteiger partial charge in [-0.3, -0.25) is 0 Å². The number of benzene rings is 2. The molecule has 0 N–H and O–H groups in total. The number of thioether (sulfide) groups is 1. The zero-order valence-electron chi connectivity index (χ0n) is 14.5. The van der Waals surface area contributed by atoms with Crippen LogP contribution in [-0.2, 0) is 17.0 Å². The van der Waals surface area contributed by atoms with Gasteiger partial charge in [0.15, 0.2) is 10.9 Å². The first kappa shape index (κ1) is 16.9. The summed E-state index contributed by atoms with van der Waals surface area (Å²) in [6.07, 6.45) is 0. The van der Waals surface area contributed by atoms with Crippen molar-refractivity contribution in [3.63, 3.8) is 0 Å². The van der Waals surface area contributed by atoms with E-state index < -0.39 is 0 Å². The lowest BCUT2D eigenvalue weighted by molar-refractivity contribution is 0.186. The van der Waals surface area contributed by atoms with Crippen molar-refractivity contribution in [1.29, 1.82) is 0 Å². The van der Waals surface area contributed by atoms with Crippen molar-refractivity contribution in [3.05, 3.63) is 66.4 Å². The molecule has 4 rings (SSSR count). The fourth-order valence-electron chi connectivity index (χ4n) is 2.82. The molecule has 0 saturated heterocycles. The molecule has 2 aromatic heterocycles. The molecule has 4 aromatic rings. The number of para-hydroxylation sites is 2. The SMILES string of the molecule is COCCn1c(SCc2cc(-c3ccccc3)on2)nc2ccccc21.